The number of fused-ring (bicyclic) bond motifs is 1. The van der Waals surface area contributed by atoms with Gasteiger partial charge in [-0.1, -0.05) is 42.0 Å². The second kappa shape index (κ2) is 5.77. The van der Waals surface area contributed by atoms with Crippen LogP contribution in [-0.4, -0.2) is 19.3 Å². The Morgan fingerprint density at radius 3 is 2.30 bits per heavy atom. The Bertz CT molecular complexity index is 832. The summed E-state index contributed by atoms with van der Waals surface area (Å²) >= 11 is 0. The molecule has 0 aromatic heterocycles. The Labute approximate surface area is 139 Å². The molecule has 3 nitrogen and oxygen atoms in total. The average Bonchev–Trinajstić information content (AvgIpc) is 2.46. The van der Waals surface area contributed by atoms with Crippen molar-refractivity contribution in [3.05, 3.63) is 64.2 Å². The monoisotopic (exact) mass is 329 g/mol. The van der Waals surface area contributed by atoms with Gasteiger partial charge in [0.25, 0.3) is 0 Å². The lowest BCUT2D eigenvalue weighted by Gasteiger charge is -2.35. The zero-order valence-corrected chi connectivity index (χ0v) is 14.9. The number of aryl methyl sites for hydroxylation is 3. The van der Waals surface area contributed by atoms with E-state index in [4.69, 9.17) is 0 Å². The van der Waals surface area contributed by atoms with Gasteiger partial charge in [-0.15, -0.1) is 0 Å². The zero-order chi connectivity index (χ0) is 16.8. The van der Waals surface area contributed by atoms with Crippen molar-refractivity contribution in [3.8, 4) is 0 Å². The number of sulfonamides is 1. The summed E-state index contributed by atoms with van der Waals surface area (Å²) in [7, 11) is -3.50. The van der Waals surface area contributed by atoms with Gasteiger partial charge in [0.15, 0.2) is 0 Å². The van der Waals surface area contributed by atoms with Crippen molar-refractivity contribution < 1.29 is 8.42 Å². The highest BCUT2D eigenvalue weighted by Gasteiger charge is 2.35. The topological polar surface area (TPSA) is 37.4 Å². The van der Waals surface area contributed by atoms with Crippen LogP contribution in [0, 0.1) is 20.8 Å². The van der Waals surface area contributed by atoms with Crippen LogP contribution in [0.2, 0.25) is 0 Å². The summed E-state index contributed by atoms with van der Waals surface area (Å²) in [6.45, 7) is 8.28. The Balaban J connectivity index is 2.09. The predicted molar refractivity (Wildman–Crippen MR) is 93.1 cm³/mol. The number of benzene rings is 2. The molecule has 1 aliphatic rings. The molecular weight excluding hydrogens is 306 g/mol. The predicted octanol–water partition coefficient (Wildman–Crippen LogP) is 3.92. The fraction of sp³-hybridized carbons (Fsp3) is 0.368. The summed E-state index contributed by atoms with van der Waals surface area (Å²) in [5.41, 5.74) is 5.12. The standard InChI is InChI=1S/C19H23NO2S/c1-13-11-14(2)19(15(3)12-13)23(21,22)20-10-9-17-7-5-6-8-18(17)16(20)4/h5-8,11-12,16H,9-10H2,1-4H3. The Hall–Kier alpha value is -1.65. The fourth-order valence-electron chi connectivity index (χ4n) is 3.77. The van der Waals surface area contributed by atoms with Gasteiger partial charge in [0.2, 0.25) is 10.0 Å². The molecule has 0 radical (unpaired) electrons. The quantitative estimate of drug-likeness (QED) is 0.837. The van der Waals surface area contributed by atoms with E-state index in [1.165, 1.54) is 5.56 Å². The van der Waals surface area contributed by atoms with Gasteiger partial charge in [0.05, 0.1) is 4.90 Å². The molecule has 23 heavy (non-hydrogen) atoms. The molecule has 0 saturated heterocycles. The maximum Gasteiger partial charge on any atom is 0.244 e. The molecule has 122 valence electrons. The van der Waals surface area contributed by atoms with E-state index in [-0.39, 0.29) is 6.04 Å². The molecule has 2 aromatic carbocycles. The molecule has 1 atom stereocenters. The van der Waals surface area contributed by atoms with E-state index in [9.17, 15) is 8.42 Å². The Morgan fingerprint density at radius 2 is 1.65 bits per heavy atom. The maximum absolute atomic E-state index is 13.3. The molecule has 0 spiro atoms. The van der Waals surface area contributed by atoms with Crippen molar-refractivity contribution in [1.82, 2.24) is 4.31 Å². The second-order valence-corrected chi connectivity index (χ2v) is 8.30. The molecule has 3 rings (SSSR count). The van der Waals surface area contributed by atoms with Crippen molar-refractivity contribution in [3.63, 3.8) is 0 Å². The third kappa shape index (κ3) is 2.70. The Kier molecular flexibility index (Phi) is 4.07. The van der Waals surface area contributed by atoms with E-state index < -0.39 is 10.0 Å². The van der Waals surface area contributed by atoms with E-state index in [0.29, 0.717) is 11.4 Å². The number of hydrogen-bond acceptors (Lipinski definition) is 2. The van der Waals surface area contributed by atoms with Gasteiger partial charge in [-0.05, 0) is 56.4 Å². The van der Waals surface area contributed by atoms with Crippen LogP contribution in [0.15, 0.2) is 41.3 Å². The van der Waals surface area contributed by atoms with E-state index in [1.807, 2.05) is 58.0 Å². The van der Waals surface area contributed by atoms with Crippen molar-refractivity contribution in [2.45, 2.75) is 45.1 Å². The molecule has 0 fully saturated rings. The smallest absolute Gasteiger partial charge is 0.207 e. The normalized spacial score (nSPS) is 18.7. The molecule has 0 saturated carbocycles. The first kappa shape index (κ1) is 16.2. The number of hydrogen-bond donors (Lipinski definition) is 0. The minimum Gasteiger partial charge on any atom is -0.207 e. The van der Waals surface area contributed by atoms with Crippen LogP contribution < -0.4 is 0 Å². The minimum absolute atomic E-state index is 0.134. The summed E-state index contributed by atoms with van der Waals surface area (Å²) < 4.78 is 28.2. The van der Waals surface area contributed by atoms with Gasteiger partial charge in [-0.2, -0.15) is 4.31 Å². The van der Waals surface area contributed by atoms with E-state index in [0.717, 1.165) is 28.7 Å². The molecule has 0 amide bonds. The number of rotatable bonds is 2. The summed E-state index contributed by atoms with van der Waals surface area (Å²) in [5, 5.41) is 0. The van der Waals surface area contributed by atoms with Crippen LogP contribution in [0.4, 0.5) is 0 Å². The molecule has 1 aliphatic heterocycles. The van der Waals surface area contributed by atoms with Crippen LogP contribution >= 0.6 is 0 Å². The first-order valence-electron chi connectivity index (χ1n) is 8.00. The lowest BCUT2D eigenvalue weighted by Crippen LogP contribution is -2.39. The van der Waals surface area contributed by atoms with Crippen LogP contribution in [0.5, 0.6) is 0 Å². The highest BCUT2D eigenvalue weighted by Crippen LogP contribution is 2.35. The molecular formula is C19H23NO2S. The largest absolute Gasteiger partial charge is 0.244 e. The highest BCUT2D eigenvalue weighted by molar-refractivity contribution is 7.89. The Morgan fingerprint density at radius 1 is 1.04 bits per heavy atom. The van der Waals surface area contributed by atoms with Gasteiger partial charge < -0.3 is 0 Å². The molecule has 0 N–H and O–H groups in total. The van der Waals surface area contributed by atoms with Crippen molar-refractivity contribution in [1.29, 1.82) is 0 Å². The van der Waals surface area contributed by atoms with Gasteiger partial charge >= 0.3 is 0 Å². The lowest BCUT2D eigenvalue weighted by atomic mass is 9.96. The summed E-state index contributed by atoms with van der Waals surface area (Å²) in [6.07, 6.45) is 0.768. The van der Waals surface area contributed by atoms with Crippen LogP contribution in [0.1, 0.15) is 40.8 Å². The van der Waals surface area contributed by atoms with Crippen LogP contribution in [0.25, 0.3) is 0 Å². The molecule has 0 aliphatic carbocycles. The summed E-state index contributed by atoms with van der Waals surface area (Å²) in [5.74, 6) is 0. The van der Waals surface area contributed by atoms with Crippen molar-refractivity contribution in [2.24, 2.45) is 0 Å². The van der Waals surface area contributed by atoms with Gasteiger partial charge in [0.1, 0.15) is 0 Å². The minimum atomic E-state index is -3.50. The van der Waals surface area contributed by atoms with Crippen molar-refractivity contribution >= 4 is 10.0 Å². The third-order valence-electron chi connectivity index (χ3n) is 4.71. The summed E-state index contributed by atoms with van der Waals surface area (Å²) in [6, 6.07) is 11.9. The van der Waals surface area contributed by atoms with E-state index in [1.54, 1.807) is 4.31 Å². The van der Waals surface area contributed by atoms with Gasteiger partial charge in [-0.25, -0.2) is 8.42 Å². The zero-order valence-electron chi connectivity index (χ0n) is 14.1. The third-order valence-corrected chi connectivity index (χ3v) is 6.99. The maximum atomic E-state index is 13.3. The van der Waals surface area contributed by atoms with Crippen LogP contribution in [-0.2, 0) is 16.4 Å². The molecule has 1 heterocycles. The summed E-state index contributed by atoms with van der Waals surface area (Å²) in [4.78, 5) is 0.467. The van der Waals surface area contributed by atoms with Gasteiger partial charge in [-0.3, -0.25) is 0 Å². The number of nitrogens with zero attached hydrogens (tertiary/aromatic N) is 1. The van der Waals surface area contributed by atoms with Crippen molar-refractivity contribution in [2.75, 3.05) is 6.54 Å². The average molecular weight is 329 g/mol. The first-order chi connectivity index (χ1) is 10.8. The van der Waals surface area contributed by atoms with Gasteiger partial charge in [0, 0.05) is 12.6 Å². The lowest BCUT2D eigenvalue weighted by molar-refractivity contribution is 0.326. The fourth-order valence-corrected chi connectivity index (χ4v) is 5.80. The molecule has 4 heteroatoms. The SMILES string of the molecule is Cc1cc(C)c(S(=O)(=O)N2CCc3ccccc3C2C)c(C)c1. The van der Waals surface area contributed by atoms with E-state index >= 15 is 0 Å². The molecule has 1 unspecified atom stereocenters. The highest BCUT2D eigenvalue weighted by atomic mass is 32.2. The molecule has 0 bridgehead atoms. The van der Waals surface area contributed by atoms with E-state index in [2.05, 4.69) is 6.07 Å². The molecule has 2 aromatic rings. The van der Waals surface area contributed by atoms with Crippen LogP contribution in [0.3, 0.4) is 0 Å². The second-order valence-electron chi connectivity index (χ2n) is 6.47. The first-order valence-corrected chi connectivity index (χ1v) is 9.44.